The lowest BCUT2D eigenvalue weighted by Crippen LogP contribution is -2.00. The van der Waals surface area contributed by atoms with Gasteiger partial charge in [0.25, 0.3) is 0 Å². The maximum absolute atomic E-state index is 10.8. The lowest BCUT2D eigenvalue weighted by molar-refractivity contribution is 0.112. The highest BCUT2D eigenvalue weighted by molar-refractivity contribution is 6.16. The van der Waals surface area contributed by atoms with Gasteiger partial charge >= 0.3 is 0 Å². The van der Waals surface area contributed by atoms with Crippen LogP contribution in [0.25, 0.3) is 0 Å². The molecule has 0 radical (unpaired) electrons. The van der Waals surface area contributed by atoms with Gasteiger partial charge in [0.1, 0.15) is 12.9 Å². The molecule has 0 N–H and O–H groups in total. The number of aromatic nitrogens is 1. The number of carbonyl (C=O) groups excluding carboxylic acids is 1. The van der Waals surface area contributed by atoms with E-state index in [0.717, 1.165) is 11.8 Å². The fraction of sp³-hybridized carbons (Fsp3) is 0.143. The van der Waals surface area contributed by atoms with Gasteiger partial charge in [-0.1, -0.05) is 30.3 Å². The zero-order valence-electron chi connectivity index (χ0n) is 9.67. The van der Waals surface area contributed by atoms with E-state index in [2.05, 4.69) is 4.98 Å². The third-order valence-corrected chi connectivity index (χ3v) is 2.65. The molecule has 92 valence electrons. The van der Waals surface area contributed by atoms with Crippen LogP contribution < -0.4 is 4.74 Å². The molecule has 2 aromatic rings. The van der Waals surface area contributed by atoms with Gasteiger partial charge in [0.2, 0.25) is 5.88 Å². The van der Waals surface area contributed by atoms with Crippen molar-refractivity contribution in [3.8, 4) is 5.88 Å². The molecule has 1 heterocycles. The molecule has 2 rings (SSSR count). The highest BCUT2D eigenvalue weighted by Crippen LogP contribution is 2.14. The first-order valence-electron chi connectivity index (χ1n) is 5.50. The van der Waals surface area contributed by atoms with E-state index in [0.29, 0.717) is 23.7 Å². The topological polar surface area (TPSA) is 39.2 Å². The van der Waals surface area contributed by atoms with Crippen LogP contribution in [0.1, 0.15) is 21.6 Å². The zero-order chi connectivity index (χ0) is 12.8. The zero-order valence-corrected chi connectivity index (χ0v) is 10.4. The minimum atomic E-state index is 0.253. The molecule has 0 saturated heterocycles. The summed E-state index contributed by atoms with van der Waals surface area (Å²) in [6.07, 6.45) is 0.757. The van der Waals surface area contributed by atoms with E-state index in [9.17, 15) is 4.79 Å². The number of carbonyl (C=O) groups is 1. The number of aldehydes is 1. The molecule has 1 aromatic carbocycles. The van der Waals surface area contributed by atoms with Gasteiger partial charge in [0, 0.05) is 11.6 Å². The van der Waals surface area contributed by atoms with Crippen molar-refractivity contribution in [3.63, 3.8) is 0 Å². The van der Waals surface area contributed by atoms with Crippen molar-refractivity contribution in [2.24, 2.45) is 0 Å². The second-order valence-corrected chi connectivity index (χ2v) is 4.02. The molecule has 0 aliphatic carbocycles. The van der Waals surface area contributed by atoms with Crippen LogP contribution in [0.3, 0.4) is 0 Å². The van der Waals surface area contributed by atoms with Crippen LogP contribution in [0.4, 0.5) is 0 Å². The van der Waals surface area contributed by atoms with Gasteiger partial charge in [0.05, 0.1) is 11.6 Å². The number of hydrogen-bond acceptors (Lipinski definition) is 3. The predicted octanol–water partition coefficient (Wildman–Crippen LogP) is 3.21. The molecule has 0 unspecified atom stereocenters. The summed E-state index contributed by atoms with van der Waals surface area (Å²) in [5.74, 6) is 0.669. The van der Waals surface area contributed by atoms with Crippen LogP contribution in [0.15, 0.2) is 42.5 Å². The van der Waals surface area contributed by atoms with Crippen LogP contribution in [-0.2, 0) is 12.5 Å². The van der Waals surface area contributed by atoms with Crippen molar-refractivity contribution in [3.05, 3.63) is 59.3 Å². The Kier molecular flexibility index (Phi) is 4.31. The van der Waals surface area contributed by atoms with Crippen molar-refractivity contribution < 1.29 is 9.53 Å². The Bertz CT molecular complexity index is 529. The number of alkyl halides is 1. The Morgan fingerprint density at radius 1 is 1.22 bits per heavy atom. The summed E-state index contributed by atoms with van der Waals surface area (Å²) in [7, 11) is 0. The normalized spacial score (nSPS) is 10.1. The third kappa shape index (κ3) is 3.31. The van der Waals surface area contributed by atoms with E-state index < -0.39 is 0 Å². The predicted molar refractivity (Wildman–Crippen MR) is 70.0 cm³/mol. The average Bonchev–Trinajstić information content (AvgIpc) is 2.45. The van der Waals surface area contributed by atoms with Gasteiger partial charge in [-0.2, -0.15) is 0 Å². The van der Waals surface area contributed by atoms with Gasteiger partial charge in [0.15, 0.2) is 0 Å². The Labute approximate surface area is 110 Å². The molecule has 0 aliphatic heterocycles. The third-order valence-electron chi connectivity index (χ3n) is 2.38. The summed E-state index contributed by atoms with van der Waals surface area (Å²) in [4.78, 5) is 15.0. The first kappa shape index (κ1) is 12.6. The molecular formula is C14H12ClNO2. The van der Waals surface area contributed by atoms with E-state index in [1.165, 1.54) is 0 Å². The van der Waals surface area contributed by atoms with Crippen molar-refractivity contribution in [2.45, 2.75) is 12.5 Å². The second kappa shape index (κ2) is 6.17. The summed E-state index contributed by atoms with van der Waals surface area (Å²) < 4.78 is 5.55. The van der Waals surface area contributed by atoms with Gasteiger partial charge in [-0.05, 0) is 11.6 Å². The largest absolute Gasteiger partial charge is 0.473 e. The SMILES string of the molecule is O=Cc1cc(CCl)nc(OCc2ccccc2)c1. The first-order valence-corrected chi connectivity index (χ1v) is 6.04. The van der Waals surface area contributed by atoms with Crippen molar-refractivity contribution >= 4 is 17.9 Å². The van der Waals surface area contributed by atoms with E-state index in [1.54, 1.807) is 12.1 Å². The minimum Gasteiger partial charge on any atom is -0.473 e. The molecule has 0 fully saturated rings. The summed E-state index contributed by atoms with van der Waals surface area (Å²) in [6, 6.07) is 13.0. The first-order chi connectivity index (χ1) is 8.81. The molecular weight excluding hydrogens is 250 g/mol. The lowest BCUT2D eigenvalue weighted by Gasteiger charge is -2.07. The summed E-state index contributed by atoms with van der Waals surface area (Å²) in [5, 5.41) is 0. The number of halogens is 1. The van der Waals surface area contributed by atoms with Crippen LogP contribution in [0.2, 0.25) is 0 Å². The minimum absolute atomic E-state index is 0.253. The Morgan fingerprint density at radius 2 is 2.00 bits per heavy atom. The smallest absolute Gasteiger partial charge is 0.214 e. The Hall–Kier alpha value is -1.87. The van der Waals surface area contributed by atoms with Crippen LogP contribution >= 0.6 is 11.6 Å². The van der Waals surface area contributed by atoms with Crippen molar-refractivity contribution in [2.75, 3.05) is 0 Å². The van der Waals surface area contributed by atoms with Crippen LogP contribution in [0.5, 0.6) is 5.88 Å². The number of ether oxygens (including phenoxy) is 1. The van der Waals surface area contributed by atoms with Gasteiger partial charge < -0.3 is 4.74 Å². The fourth-order valence-corrected chi connectivity index (χ4v) is 1.66. The Balaban J connectivity index is 2.11. The summed E-state index contributed by atoms with van der Waals surface area (Å²) >= 11 is 5.71. The van der Waals surface area contributed by atoms with Crippen molar-refractivity contribution in [1.29, 1.82) is 0 Å². The molecule has 0 amide bonds. The van der Waals surface area contributed by atoms with Crippen molar-refractivity contribution in [1.82, 2.24) is 4.98 Å². The van der Waals surface area contributed by atoms with Crippen LogP contribution in [-0.4, -0.2) is 11.3 Å². The molecule has 4 heteroatoms. The highest BCUT2D eigenvalue weighted by atomic mass is 35.5. The molecule has 0 bridgehead atoms. The van der Waals surface area contributed by atoms with Gasteiger partial charge in [-0.25, -0.2) is 4.98 Å². The fourth-order valence-electron chi connectivity index (χ4n) is 1.52. The highest BCUT2D eigenvalue weighted by Gasteiger charge is 2.03. The van der Waals surface area contributed by atoms with E-state index in [-0.39, 0.29) is 5.88 Å². The molecule has 0 atom stereocenters. The lowest BCUT2D eigenvalue weighted by atomic mass is 10.2. The molecule has 18 heavy (non-hydrogen) atoms. The Morgan fingerprint density at radius 3 is 2.67 bits per heavy atom. The number of hydrogen-bond donors (Lipinski definition) is 0. The molecule has 1 aromatic heterocycles. The number of rotatable bonds is 5. The summed E-state index contributed by atoms with van der Waals surface area (Å²) in [5.41, 5.74) is 2.19. The molecule has 3 nitrogen and oxygen atoms in total. The maximum Gasteiger partial charge on any atom is 0.214 e. The summed E-state index contributed by atoms with van der Waals surface area (Å²) in [6.45, 7) is 0.415. The van der Waals surface area contributed by atoms with Crippen LogP contribution in [0, 0.1) is 0 Å². The molecule has 0 saturated carbocycles. The number of pyridine rings is 1. The monoisotopic (exact) mass is 261 g/mol. The average molecular weight is 262 g/mol. The molecule has 0 aliphatic rings. The van der Waals surface area contributed by atoms with Gasteiger partial charge in [-0.3, -0.25) is 4.79 Å². The van der Waals surface area contributed by atoms with Gasteiger partial charge in [-0.15, -0.1) is 11.6 Å². The van der Waals surface area contributed by atoms with E-state index in [1.807, 2.05) is 30.3 Å². The quantitative estimate of drug-likeness (QED) is 0.613. The second-order valence-electron chi connectivity index (χ2n) is 3.76. The van der Waals surface area contributed by atoms with E-state index in [4.69, 9.17) is 16.3 Å². The number of benzene rings is 1. The number of nitrogens with zero attached hydrogens (tertiary/aromatic N) is 1. The van der Waals surface area contributed by atoms with E-state index >= 15 is 0 Å². The molecule has 0 spiro atoms. The maximum atomic E-state index is 10.8. The standard InChI is InChI=1S/C14H12ClNO2/c15-8-13-6-12(9-17)7-14(16-13)18-10-11-4-2-1-3-5-11/h1-7,9H,8,10H2.